The van der Waals surface area contributed by atoms with Crippen LogP contribution in [0.4, 0.5) is 0 Å². The third kappa shape index (κ3) is 4.44. The summed E-state index contributed by atoms with van der Waals surface area (Å²) in [7, 11) is 3.36. The first-order valence-electron chi connectivity index (χ1n) is 5.03. The number of aromatic nitrogens is 1. The smallest absolute Gasteiger partial charge is 0.304 e. The summed E-state index contributed by atoms with van der Waals surface area (Å²) in [5.41, 5.74) is 0.526. The Balaban J connectivity index is 2.56. The Hall–Kier alpha value is -1.56. The van der Waals surface area contributed by atoms with Crippen LogP contribution >= 0.6 is 11.8 Å². The fourth-order valence-corrected chi connectivity index (χ4v) is 1.87. The molecule has 1 N–H and O–H groups in total. The van der Waals surface area contributed by atoms with E-state index in [-0.39, 0.29) is 12.3 Å². The van der Waals surface area contributed by atoms with Crippen LogP contribution in [0.25, 0.3) is 0 Å². The fraction of sp³-hybridized carbons (Fsp3) is 0.364. The van der Waals surface area contributed by atoms with E-state index in [0.717, 1.165) is 5.03 Å². The first-order valence-corrected chi connectivity index (χ1v) is 6.01. The predicted molar refractivity (Wildman–Crippen MR) is 65.2 cm³/mol. The molecule has 0 radical (unpaired) electrons. The van der Waals surface area contributed by atoms with Crippen LogP contribution < -0.4 is 0 Å². The maximum atomic E-state index is 11.6. The van der Waals surface area contributed by atoms with Gasteiger partial charge in [-0.15, -0.1) is 11.8 Å². The summed E-state index contributed by atoms with van der Waals surface area (Å²) in [6, 6.07) is 3.42. The number of rotatable bonds is 5. The van der Waals surface area contributed by atoms with Gasteiger partial charge in [0.15, 0.2) is 0 Å². The highest BCUT2D eigenvalue weighted by atomic mass is 32.2. The van der Waals surface area contributed by atoms with Crippen molar-refractivity contribution >= 4 is 23.6 Å². The molecule has 0 saturated carbocycles. The van der Waals surface area contributed by atoms with E-state index in [1.807, 2.05) is 0 Å². The second kappa shape index (κ2) is 6.24. The molecule has 0 atom stereocenters. The van der Waals surface area contributed by atoms with Crippen LogP contribution in [-0.2, 0) is 4.79 Å². The van der Waals surface area contributed by atoms with Gasteiger partial charge in [-0.3, -0.25) is 9.59 Å². The van der Waals surface area contributed by atoms with E-state index >= 15 is 0 Å². The Morgan fingerprint density at radius 3 is 2.59 bits per heavy atom. The molecule has 1 amide bonds. The summed E-state index contributed by atoms with van der Waals surface area (Å²) >= 11 is 1.36. The molecule has 0 aliphatic heterocycles. The van der Waals surface area contributed by atoms with Crippen molar-refractivity contribution in [2.45, 2.75) is 11.4 Å². The van der Waals surface area contributed by atoms with E-state index in [9.17, 15) is 9.59 Å². The molecule has 1 aromatic heterocycles. The largest absolute Gasteiger partial charge is 0.481 e. The van der Waals surface area contributed by atoms with Crippen molar-refractivity contribution < 1.29 is 14.7 Å². The Labute approximate surface area is 104 Å². The van der Waals surface area contributed by atoms with E-state index < -0.39 is 5.97 Å². The second-order valence-corrected chi connectivity index (χ2v) is 4.69. The molecule has 0 fully saturated rings. The molecule has 5 nitrogen and oxygen atoms in total. The van der Waals surface area contributed by atoms with Crippen molar-refractivity contribution in [3.63, 3.8) is 0 Å². The number of carbonyl (C=O) groups excluding carboxylic acids is 1. The summed E-state index contributed by atoms with van der Waals surface area (Å²) in [5, 5.41) is 9.21. The summed E-state index contributed by atoms with van der Waals surface area (Å²) < 4.78 is 0. The van der Waals surface area contributed by atoms with Gasteiger partial charge in [0.1, 0.15) is 0 Å². The number of pyridine rings is 1. The molecule has 0 aromatic carbocycles. The second-order valence-electron chi connectivity index (χ2n) is 3.58. The molecule has 1 heterocycles. The van der Waals surface area contributed by atoms with Gasteiger partial charge in [0.05, 0.1) is 17.0 Å². The van der Waals surface area contributed by atoms with Crippen LogP contribution in [0.1, 0.15) is 16.8 Å². The zero-order valence-electron chi connectivity index (χ0n) is 9.71. The zero-order chi connectivity index (χ0) is 12.8. The topological polar surface area (TPSA) is 70.5 Å². The monoisotopic (exact) mass is 254 g/mol. The lowest BCUT2D eigenvalue weighted by Crippen LogP contribution is -2.21. The third-order valence-electron chi connectivity index (χ3n) is 1.96. The Bertz CT molecular complexity index is 404. The van der Waals surface area contributed by atoms with Gasteiger partial charge in [-0.25, -0.2) is 4.98 Å². The van der Waals surface area contributed by atoms with Gasteiger partial charge in [-0.2, -0.15) is 0 Å². The Kier molecular flexibility index (Phi) is 4.96. The molecule has 17 heavy (non-hydrogen) atoms. The molecule has 0 aliphatic carbocycles. The molecule has 1 rings (SSSR count). The average Bonchev–Trinajstić information content (AvgIpc) is 2.28. The van der Waals surface area contributed by atoms with Crippen LogP contribution in [0.3, 0.4) is 0 Å². The quantitative estimate of drug-likeness (QED) is 0.803. The summed E-state index contributed by atoms with van der Waals surface area (Å²) in [4.78, 5) is 27.5. The number of thioether (sulfide) groups is 1. The van der Waals surface area contributed by atoms with Crippen molar-refractivity contribution in [1.29, 1.82) is 0 Å². The summed E-state index contributed by atoms with van der Waals surface area (Å²) in [6.45, 7) is 0. The van der Waals surface area contributed by atoms with Gasteiger partial charge in [0, 0.05) is 26.0 Å². The van der Waals surface area contributed by atoms with Crippen LogP contribution in [0.2, 0.25) is 0 Å². The van der Waals surface area contributed by atoms with Gasteiger partial charge in [-0.1, -0.05) is 0 Å². The maximum Gasteiger partial charge on any atom is 0.304 e. The lowest BCUT2D eigenvalue weighted by atomic mass is 10.2. The molecule has 0 aliphatic rings. The molecule has 1 aromatic rings. The number of nitrogens with zero attached hydrogens (tertiary/aromatic N) is 2. The van der Waals surface area contributed by atoms with Gasteiger partial charge in [0.25, 0.3) is 5.91 Å². The summed E-state index contributed by atoms with van der Waals surface area (Å²) in [5.74, 6) is -0.444. The van der Waals surface area contributed by atoms with Crippen LogP contribution in [0.5, 0.6) is 0 Å². The molecular weight excluding hydrogens is 240 g/mol. The van der Waals surface area contributed by atoms with Crippen LogP contribution in [0, 0.1) is 0 Å². The number of carboxylic acid groups (broad SMARTS) is 1. The number of carbonyl (C=O) groups is 2. The molecule has 0 spiro atoms. The van der Waals surface area contributed by atoms with Crippen LogP contribution in [-0.4, -0.2) is 46.7 Å². The summed E-state index contributed by atoms with van der Waals surface area (Å²) in [6.07, 6.45) is 1.61. The first-order chi connectivity index (χ1) is 8.00. The van der Waals surface area contributed by atoms with E-state index in [1.165, 1.54) is 22.9 Å². The minimum absolute atomic E-state index is 0.0976. The molecular formula is C11H14N2O3S. The number of amides is 1. The lowest BCUT2D eigenvalue weighted by molar-refractivity contribution is -0.136. The maximum absolute atomic E-state index is 11.6. The van der Waals surface area contributed by atoms with E-state index in [0.29, 0.717) is 11.3 Å². The van der Waals surface area contributed by atoms with Crippen molar-refractivity contribution in [2.24, 2.45) is 0 Å². The number of hydrogen-bond donors (Lipinski definition) is 1. The molecule has 0 saturated heterocycles. The highest BCUT2D eigenvalue weighted by molar-refractivity contribution is 7.99. The van der Waals surface area contributed by atoms with Crippen LogP contribution in [0.15, 0.2) is 23.4 Å². The molecule has 0 bridgehead atoms. The zero-order valence-corrected chi connectivity index (χ0v) is 10.5. The Morgan fingerprint density at radius 1 is 1.41 bits per heavy atom. The fourth-order valence-electron chi connectivity index (χ4n) is 1.09. The first kappa shape index (κ1) is 13.5. The van der Waals surface area contributed by atoms with Gasteiger partial charge in [-0.05, 0) is 12.1 Å². The van der Waals surface area contributed by atoms with Gasteiger partial charge in [0.2, 0.25) is 0 Å². The highest BCUT2D eigenvalue weighted by Crippen LogP contribution is 2.16. The average molecular weight is 254 g/mol. The minimum atomic E-state index is -0.822. The van der Waals surface area contributed by atoms with Crippen molar-refractivity contribution in [3.05, 3.63) is 23.9 Å². The third-order valence-corrected chi connectivity index (χ3v) is 2.90. The molecule has 0 unspecified atom stereocenters. The predicted octanol–water partition coefficient (Wildman–Crippen LogP) is 1.35. The number of hydrogen-bond acceptors (Lipinski definition) is 4. The molecule has 6 heteroatoms. The van der Waals surface area contributed by atoms with Crippen molar-refractivity contribution in [3.8, 4) is 0 Å². The number of aliphatic carboxylic acids is 1. The highest BCUT2D eigenvalue weighted by Gasteiger charge is 2.08. The molecule has 92 valence electrons. The normalized spacial score (nSPS) is 10.0. The van der Waals surface area contributed by atoms with Gasteiger partial charge < -0.3 is 10.0 Å². The lowest BCUT2D eigenvalue weighted by Gasteiger charge is -2.09. The minimum Gasteiger partial charge on any atom is -0.481 e. The van der Waals surface area contributed by atoms with E-state index in [1.54, 1.807) is 26.2 Å². The van der Waals surface area contributed by atoms with Gasteiger partial charge >= 0.3 is 5.97 Å². The van der Waals surface area contributed by atoms with E-state index in [2.05, 4.69) is 4.98 Å². The SMILES string of the molecule is CN(C)C(=O)c1ccc(SCCC(=O)O)nc1. The standard InChI is InChI=1S/C11H14N2O3S/c1-13(2)11(16)8-3-4-9(12-7-8)17-6-5-10(14)15/h3-4,7H,5-6H2,1-2H3,(H,14,15). The van der Waals surface area contributed by atoms with E-state index in [4.69, 9.17) is 5.11 Å². The number of carboxylic acids is 1. The Morgan fingerprint density at radius 2 is 2.12 bits per heavy atom. The van der Waals surface area contributed by atoms with Crippen molar-refractivity contribution in [2.75, 3.05) is 19.8 Å². The van der Waals surface area contributed by atoms with Crippen molar-refractivity contribution in [1.82, 2.24) is 9.88 Å².